The summed E-state index contributed by atoms with van der Waals surface area (Å²) in [5.74, 6) is 0.101. The molecule has 1 saturated heterocycles. The summed E-state index contributed by atoms with van der Waals surface area (Å²) in [5.41, 5.74) is 3.24. The molecular formula is C26H30FN5O. The maximum absolute atomic E-state index is 13.5. The molecule has 0 aliphatic carbocycles. The van der Waals surface area contributed by atoms with Crippen LogP contribution in [-0.4, -0.2) is 39.6 Å². The van der Waals surface area contributed by atoms with E-state index in [0.717, 1.165) is 42.7 Å². The van der Waals surface area contributed by atoms with Crippen molar-refractivity contribution >= 4 is 22.5 Å². The van der Waals surface area contributed by atoms with Gasteiger partial charge in [-0.15, -0.1) is 4.98 Å². The van der Waals surface area contributed by atoms with Crippen molar-refractivity contribution in [2.75, 3.05) is 18.0 Å². The predicted molar refractivity (Wildman–Crippen MR) is 130 cm³/mol. The molecule has 1 unspecified atom stereocenters. The molecule has 0 spiro atoms. The number of rotatable bonds is 5. The van der Waals surface area contributed by atoms with Gasteiger partial charge in [-0.25, -0.2) is 4.39 Å². The van der Waals surface area contributed by atoms with Crippen molar-refractivity contribution in [3.63, 3.8) is 0 Å². The molecule has 6 nitrogen and oxygen atoms in total. The molecule has 33 heavy (non-hydrogen) atoms. The number of pyridine rings is 2. The van der Waals surface area contributed by atoms with Gasteiger partial charge in [0.05, 0.1) is 11.2 Å². The Morgan fingerprint density at radius 3 is 2.45 bits per heavy atom. The fourth-order valence-electron chi connectivity index (χ4n) is 4.97. The minimum Gasteiger partial charge on any atom is -0.362 e. The second-order valence-corrected chi connectivity index (χ2v) is 8.78. The molecule has 7 heteroatoms. The summed E-state index contributed by atoms with van der Waals surface area (Å²) in [4.78, 5) is 25.7. The molecule has 4 rings (SSSR count). The van der Waals surface area contributed by atoms with Crippen molar-refractivity contribution in [3.05, 3.63) is 75.6 Å². The molecule has 172 valence electrons. The van der Waals surface area contributed by atoms with Gasteiger partial charge in [-0.05, 0) is 49.6 Å². The van der Waals surface area contributed by atoms with Crippen LogP contribution in [0.5, 0.6) is 0 Å². The Hall–Kier alpha value is -3.24. The number of hydrogen-bond donors (Lipinski definition) is 0. The summed E-state index contributed by atoms with van der Waals surface area (Å²) in [6, 6.07) is 12.5. The van der Waals surface area contributed by atoms with Crippen LogP contribution in [0.25, 0.3) is 15.9 Å². The second kappa shape index (κ2) is 9.32. The highest BCUT2D eigenvalue weighted by molar-refractivity contribution is 5.89. The van der Waals surface area contributed by atoms with Crippen molar-refractivity contribution in [1.82, 2.24) is 14.5 Å². The number of nitrogens with zero attached hydrogens (tertiary/aromatic N) is 5. The first-order valence-corrected chi connectivity index (χ1v) is 11.5. The lowest BCUT2D eigenvalue weighted by molar-refractivity contribution is 0.101. The second-order valence-electron chi connectivity index (χ2n) is 8.78. The summed E-state index contributed by atoms with van der Waals surface area (Å²) >= 11 is 0. The van der Waals surface area contributed by atoms with Crippen LogP contribution in [-0.2, 0) is 7.05 Å². The van der Waals surface area contributed by atoms with Gasteiger partial charge < -0.3 is 14.3 Å². The van der Waals surface area contributed by atoms with Crippen LogP contribution < -0.4 is 10.5 Å². The van der Waals surface area contributed by atoms with E-state index in [2.05, 4.69) is 40.4 Å². The number of benzene rings is 1. The van der Waals surface area contributed by atoms with E-state index < -0.39 is 0 Å². The zero-order valence-corrected chi connectivity index (χ0v) is 19.6. The number of piperazine rings is 1. The molecular weight excluding hydrogens is 417 g/mol. The zero-order valence-electron chi connectivity index (χ0n) is 19.6. The summed E-state index contributed by atoms with van der Waals surface area (Å²) in [7, 11) is 1.74. The molecule has 2 aromatic heterocycles. The van der Waals surface area contributed by atoms with Gasteiger partial charge >= 0.3 is 0 Å². The van der Waals surface area contributed by atoms with E-state index >= 15 is 0 Å². The number of aryl methyl sites for hydroxylation is 1. The van der Waals surface area contributed by atoms with Gasteiger partial charge in [0.25, 0.3) is 11.4 Å². The highest BCUT2D eigenvalue weighted by atomic mass is 19.1. The Balaban J connectivity index is 1.75. The van der Waals surface area contributed by atoms with Gasteiger partial charge in [-0.2, -0.15) is 0 Å². The molecule has 1 fully saturated rings. The average Bonchev–Trinajstić information content (AvgIpc) is 2.85. The monoisotopic (exact) mass is 447 g/mol. The van der Waals surface area contributed by atoms with E-state index in [1.807, 2.05) is 18.2 Å². The zero-order chi connectivity index (χ0) is 23.7. The number of anilines is 1. The van der Waals surface area contributed by atoms with E-state index in [0.29, 0.717) is 11.3 Å². The molecule has 0 N–H and O–H groups in total. The number of halogens is 1. The molecule has 0 bridgehead atoms. The number of hydrogen-bond acceptors (Lipinski definition) is 4. The molecule has 1 aromatic carbocycles. The quantitative estimate of drug-likeness (QED) is 0.513. The summed E-state index contributed by atoms with van der Waals surface area (Å²) < 4.78 is 15.0. The lowest BCUT2D eigenvalue weighted by Crippen LogP contribution is -2.58. The SMILES string of the molecule is [C-]#[N+]c1ccc2c(n1)c(N1C[C@@H](CC)N(C(C)c3ccc(F)cc3)C[C@@H]1CC)cc(=O)n2C. The van der Waals surface area contributed by atoms with Crippen LogP contribution in [0.2, 0.25) is 0 Å². The van der Waals surface area contributed by atoms with Crippen molar-refractivity contribution in [1.29, 1.82) is 0 Å². The van der Waals surface area contributed by atoms with Crippen molar-refractivity contribution in [3.8, 4) is 0 Å². The fourth-order valence-corrected chi connectivity index (χ4v) is 4.97. The first kappa shape index (κ1) is 22.9. The fraction of sp³-hybridized carbons (Fsp3) is 0.423. The van der Waals surface area contributed by atoms with Crippen LogP contribution in [0.1, 0.15) is 45.2 Å². The lowest BCUT2D eigenvalue weighted by Gasteiger charge is -2.49. The largest absolute Gasteiger partial charge is 0.362 e. The molecule has 1 aliphatic heterocycles. The Bertz CT molecular complexity index is 1250. The molecule has 3 heterocycles. The number of aromatic nitrogens is 2. The highest BCUT2D eigenvalue weighted by Crippen LogP contribution is 2.34. The molecule has 0 radical (unpaired) electrons. The topological polar surface area (TPSA) is 45.7 Å². The Morgan fingerprint density at radius 1 is 1.12 bits per heavy atom. The van der Waals surface area contributed by atoms with Gasteiger partial charge in [-0.3, -0.25) is 9.69 Å². The van der Waals surface area contributed by atoms with Gasteiger partial charge in [0.15, 0.2) is 0 Å². The van der Waals surface area contributed by atoms with E-state index in [4.69, 9.17) is 6.57 Å². The first-order valence-electron chi connectivity index (χ1n) is 11.5. The third-order valence-corrected chi connectivity index (χ3v) is 7.01. The lowest BCUT2D eigenvalue weighted by atomic mass is 9.96. The van der Waals surface area contributed by atoms with E-state index in [1.165, 1.54) is 12.1 Å². The smallest absolute Gasteiger partial charge is 0.270 e. The molecule has 0 saturated carbocycles. The molecule has 3 aromatic rings. The van der Waals surface area contributed by atoms with Crippen LogP contribution >= 0.6 is 0 Å². The first-order chi connectivity index (χ1) is 15.9. The minimum atomic E-state index is -0.224. The minimum absolute atomic E-state index is 0.0835. The number of fused-ring (bicyclic) bond motifs is 1. The molecule has 0 amide bonds. The standard InChI is InChI=1S/C26H30FN5O/c1-6-20-16-32(21(7-2)15-31(20)17(3)18-8-10-19(27)11-9-18)23-14-25(33)30(5)22-12-13-24(28-4)29-26(22)23/h8-14,17,20-21H,6-7,15-16H2,1-3,5H3/t17?,20-,21+/m1/s1. The Labute approximate surface area is 194 Å². The van der Waals surface area contributed by atoms with E-state index in [1.54, 1.807) is 23.7 Å². The maximum Gasteiger partial charge on any atom is 0.270 e. The van der Waals surface area contributed by atoms with Crippen molar-refractivity contribution in [2.45, 2.75) is 51.7 Å². The van der Waals surface area contributed by atoms with E-state index in [9.17, 15) is 9.18 Å². The summed E-state index contributed by atoms with van der Waals surface area (Å²) in [6.07, 6.45) is 1.85. The van der Waals surface area contributed by atoms with E-state index in [-0.39, 0.29) is 29.5 Å². The maximum atomic E-state index is 13.5. The van der Waals surface area contributed by atoms with Gasteiger partial charge in [0, 0.05) is 44.3 Å². The third-order valence-electron chi connectivity index (χ3n) is 7.01. The average molecular weight is 448 g/mol. The van der Waals surface area contributed by atoms with Gasteiger partial charge in [0.2, 0.25) is 5.52 Å². The summed E-state index contributed by atoms with van der Waals surface area (Å²) in [5, 5.41) is 0. The molecule has 1 aliphatic rings. The van der Waals surface area contributed by atoms with Crippen LogP contribution in [0.3, 0.4) is 0 Å². The predicted octanol–water partition coefficient (Wildman–Crippen LogP) is 5.06. The van der Waals surface area contributed by atoms with Gasteiger partial charge in [-0.1, -0.05) is 32.6 Å². The molecule has 3 atom stereocenters. The summed E-state index contributed by atoms with van der Waals surface area (Å²) in [6.45, 7) is 15.5. The van der Waals surface area contributed by atoms with Gasteiger partial charge in [0.1, 0.15) is 5.82 Å². The normalized spacial score (nSPS) is 20.1. The van der Waals surface area contributed by atoms with Crippen molar-refractivity contribution < 1.29 is 4.39 Å². The Morgan fingerprint density at radius 2 is 1.82 bits per heavy atom. The highest BCUT2D eigenvalue weighted by Gasteiger charge is 2.36. The van der Waals surface area contributed by atoms with Crippen LogP contribution in [0.4, 0.5) is 15.9 Å². The van der Waals surface area contributed by atoms with Crippen LogP contribution in [0.15, 0.2) is 47.3 Å². The Kier molecular flexibility index (Phi) is 6.48. The van der Waals surface area contributed by atoms with Crippen molar-refractivity contribution in [2.24, 2.45) is 7.05 Å². The van der Waals surface area contributed by atoms with Crippen LogP contribution in [0, 0.1) is 12.4 Å². The third kappa shape index (κ3) is 4.23.